The topological polar surface area (TPSA) is 67.6 Å². The van der Waals surface area contributed by atoms with Crippen molar-refractivity contribution in [2.75, 3.05) is 32.0 Å². The number of nitrogens with two attached hydrogens (primary N) is 1. The summed E-state index contributed by atoms with van der Waals surface area (Å²) in [5.74, 6) is 6.79. The molecule has 1 saturated heterocycles. The van der Waals surface area contributed by atoms with Crippen LogP contribution in [0.15, 0.2) is 24.3 Å². The molecular formula is C15H23N3O2S. The molecule has 3 N–H and O–H groups in total. The molecule has 2 rings (SSSR count). The average molecular weight is 309 g/mol. The van der Waals surface area contributed by atoms with Gasteiger partial charge in [0.1, 0.15) is 12.4 Å². The van der Waals surface area contributed by atoms with Gasteiger partial charge in [0.25, 0.3) is 5.91 Å². The minimum absolute atomic E-state index is 0.294. The van der Waals surface area contributed by atoms with E-state index in [1.165, 1.54) is 12.2 Å². The van der Waals surface area contributed by atoms with Crippen molar-refractivity contribution in [3.63, 3.8) is 0 Å². The fourth-order valence-corrected chi connectivity index (χ4v) is 3.56. The summed E-state index contributed by atoms with van der Waals surface area (Å²) in [5, 5.41) is 0.757. The molecule has 0 saturated carbocycles. The Morgan fingerprint density at radius 3 is 2.90 bits per heavy atom. The van der Waals surface area contributed by atoms with Crippen LogP contribution in [0.1, 0.15) is 23.7 Å². The van der Waals surface area contributed by atoms with Crippen LogP contribution >= 0.6 is 11.8 Å². The molecule has 0 aliphatic carbocycles. The van der Waals surface area contributed by atoms with Gasteiger partial charge in [-0.1, -0.05) is 6.92 Å². The van der Waals surface area contributed by atoms with Gasteiger partial charge in [-0.25, -0.2) is 5.84 Å². The van der Waals surface area contributed by atoms with Crippen molar-refractivity contribution in [2.24, 2.45) is 5.84 Å². The number of carbonyl (C=O) groups excluding carboxylic acids is 1. The average Bonchev–Trinajstić information content (AvgIpc) is 2.55. The Morgan fingerprint density at radius 1 is 1.48 bits per heavy atom. The van der Waals surface area contributed by atoms with Crippen molar-refractivity contribution < 1.29 is 9.53 Å². The molecule has 1 aliphatic rings. The largest absolute Gasteiger partial charge is 0.492 e. The summed E-state index contributed by atoms with van der Waals surface area (Å²) in [7, 11) is 0. The molecule has 0 radical (unpaired) electrons. The summed E-state index contributed by atoms with van der Waals surface area (Å²) >= 11 is 2.07. The van der Waals surface area contributed by atoms with E-state index in [0.717, 1.165) is 30.6 Å². The van der Waals surface area contributed by atoms with E-state index in [4.69, 9.17) is 10.6 Å². The number of hydrazine groups is 1. The standard InChI is InChI=1S/C15H23N3O2S/c1-2-14-11-18(8-10-21-14)7-9-20-13-5-3-12(4-6-13)15(19)17-16/h3-6,14H,2,7-11,16H2,1H3,(H,17,19). The van der Waals surface area contributed by atoms with Gasteiger partial charge in [0.05, 0.1) is 0 Å². The van der Waals surface area contributed by atoms with E-state index in [1.54, 1.807) is 24.3 Å². The van der Waals surface area contributed by atoms with Crippen LogP contribution in [-0.2, 0) is 0 Å². The van der Waals surface area contributed by atoms with Crippen LogP contribution in [0, 0.1) is 0 Å². The molecule has 1 amide bonds. The molecule has 0 bridgehead atoms. The van der Waals surface area contributed by atoms with Crippen molar-refractivity contribution in [3.8, 4) is 5.75 Å². The van der Waals surface area contributed by atoms with Crippen molar-refractivity contribution in [2.45, 2.75) is 18.6 Å². The van der Waals surface area contributed by atoms with Crippen LogP contribution in [0.25, 0.3) is 0 Å². The first-order valence-corrected chi connectivity index (χ1v) is 8.35. The Hall–Kier alpha value is -1.24. The highest BCUT2D eigenvalue weighted by molar-refractivity contribution is 8.00. The summed E-state index contributed by atoms with van der Waals surface area (Å²) in [5.41, 5.74) is 2.64. The fourth-order valence-electron chi connectivity index (χ4n) is 2.31. The van der Waals surface area contributed by atoms with E-state index < -0.39 is 0 Å². The van der Waals surface area contributed by atoms with E-state index >= 15 is 0 Å². The summed E-state index contributed by atoms with van der Waals surface area (Å²) in [6, 6.07) is 7.02. The molecule has 1 atom stereocenters. The minimum atomic E-state index is -0.294. The number of nitrogens with zero attached hydrogens (tertiary/aromatic N) is 1. The maximum absolute atomic E-state index is 11.3. The lowest BCUT2D eigenvalue weighted by atomic mass is 10.2. The second-order valence-electron chi connectivity index (χ2n) is 5.05. The van der Waals surface area contributed by atoms with Gasteiger partial charge in [-0.2, -0.15) is 11.8 Å². The Labute approximate surface area is 130 Å². The van der Waals surface area contributed by atoms with Crippen molar-refractivity contribution in [1.82, 2.24) is 10.3 Å². The van der Waals surface area contributed by atoms with Crippen molar-refractivity contribution in [1.29, 1.82) is 0 Å². The zero-order valence-electron chi connectivity index (χ0n) is 12.4. The van der Waals surface area contributed by atoms with Crippen molar-refractivity contribution in [3.05, 3.63) is 29.8 Å². The maximum atomic E-state index is 11.3. The molecule has 5 nitrogen and oxygen atoms in total. The molecule has 116 valence electrons. The van der Waals surface area contributed by atoms with E-state index in [2.05, 4.69) is 29.0 Å². The van der Waals surface area contributed by atoms with Crippen LogP contribution in [0.4, 0.5) is 0 Å². The zero-order chi connectivity index (χ0) is 15.1. The number of ether oxygens (including phenoxy) is 1. The smallest absolute Gasteiger partial charge is 0.265 e. The number of thioether (sulfide) groups is 1. The number of nitrogens with one attached hydrogen (secondary N) is 1. The first-order valence-electron chi connectivity index (χ1n) is 7.30. The van der Waals surface area contributed by atoms with Gasteiger partial charge in [-0.15, -0.1) is 0 Å². The number of carbonyl (C=O) groups is 1. The maximum Gasteiger partial charge on any atom is 0.265 e. The lowest BCUT2D eigenvalue weighted by Gasteiger charge is -2.31. The van der Waals surface area contributed by atoms with Gasteiger partial charge >= 0.3 is 0 Å². The molecule has 21 heavy (non-hydrogen) atoms. The highest BCUT2D eigenvalue weighted by Crippen LogP contribution is 2.20. The van der Waals surface area contributed by atoms with Crippen LogP contribution in [0.2, 0.25) is 0 Å². The molecule has 1 aromatic rings. The van der Waals surface area contributed by atoms with E-state index in [9.17, 15) is 4.79 Å². The predicted molar refractivity (Wildman–Crippen MR) is 86.6 cm³/mol. The van der Waals surface area contributed by atoms with E-state index in [1.807, 2.05) is 0 Å². The van der Waals surface area contributed by atoms with E-state index in [-0.39, 0.29) is 5.91 Å². The highest BCUT2D eigenvalue weighted by Gasteiger charge is 2.18. The number of nitrogen functional groups attached to an aromatic ring is 1. The molecular weight excluding hydrogens is 286 g/mol. The number of hydrogen-bond acceptors (Lipinski definition) is 5. The monoisotopic (exact) mass is 309 g/mol. The molecule has 1 unspecified atom stereocenters. The van der Waals surface area contributed by atoms with Gasteiger partial charge < -0.3 is 4.74 Å². The Kier molecular flexibility index (Phi) is 6.35. The first kappa shape index (κ1) is 16.1. The first-order chi connectivity index (χ1) is 10.2. The quantitative estimate of drug-likeness (QED) is 0.473. The number of benzene rings is 1. The summed E-state index contributed by atoms with van der Waals surface area (Å²) in [6.45, 7) is 6.16. The number of rotatable bonds is 6. The number of amides is 1. The Morgan fingerprint density at radius 2 is 2.24 bits per heavy atom. The summed E-state index contributed by atoms with van der Waals surface area (Å²) in [4.78, 5) is 13.8. The van der Waals surface area contributed by atoms with Gasteiger partial charge in [-0.3, -0.25) is 15.1 Å². The van der Waals surface area contributed by atoms with Crippen LogP contribution in [0.3, 0.4) is 0 Å². The summed E-state index contributed by atoms with van der Waals surface area (Å²) < 4.78 is 5.73. The van der Waals surface area contributed by atoms with Gasteiger partial charge in [-0.05, 0) is 30.7 Å². The zero-order valence-corrected chi connectivity index (χ0v) is 13.2. The summed E-state index contributed by atoms with van der Waals surface area (Å²) in [6.07, 6.45) is 1.23. The highest BCUT2D eigenvalue weighted by atomic mass is 32.2. The third-order valence-electron chi connectivity index (χ3n) is 3.60. The van der Waals surface area contributed by atoms with Crippen LogP contribution in [0.5, 0.6) is 5.75 Å². The molecule has 1 fully saturated rings. The normalized spacial score (nSPS) is 19.2. The molecule has 1 aromatic carbocycles. The third-order valence-corrected chi connectivity index (χ3v) is 4.97. The van der Waals surface area contributed by atoms with Gasteiger partial charge in [0.2, 0.25) is 0 Å². The Bertz CT molecular complexity index is 453. The fraction of sp³-hybridized carbons (Fsp3) is 0.533. The van der Waals surface area contributed by atoms with Crippen molar-refractivity contribution >= 4 is 17.7 Å². The van der Waals surface area contributed by atoms with Crippen LogP contribution in [-0.4, -0.2) is 48.1 Å². The third kappa shape index (κ3) is 4.91. The number of hydrogen-bond donors (Lipinski definition) is 2. The molecule has 0 spiro atoms. The second kappa shape index (κ2) is 8.26. The molecule has 1 aliphatic heterocycles. The lowest BCUT2D eigenvalue weighted by Crippen LogP contribution is -2.39. The molecule has 1 heterocycles. The SMILES string of the molecule is CCC1CN(CCOc2ccc(C(=O)NN)cc2)CCS1. The van der Waals surface area contributed by atoms with Gasteiger partial charge in [0, 0.05) is 36.2 Å². The van der Waals surface area contributed by atoms with E-state index in [0.29, 0.717) is 12.2 Å². The minimum Gasteiger partial charge on any atom is -0.492 e. The van der Waals surface area contributed by atoms with Gasteiger partial charge in [0.15, 0.2) is 0 Å². The molecule has 6 heteroatoms. The Balaban J connectivity index is 1.74. The molecule has 0 aromatic heterocycles. The second-order valence-corrected chi connectivity index (χ2v) is 6.46. The predicted octanol–water partition coefficient (Wildman–Crippen LogP) is 1.50. The van der Waals surface area contributed by atoms with Crippen LogP contribution < -0.4 is 16.0 Å². The lowest BCUT2D eigenvalue weighted by molar-refractivity contribution is 0.0953.